The highest BCUT2D eigenvalue weighted by molar-refractivity contribution is 9.18. The Morgan fingerprint density at radius 1 is 2.00 bits per heavy atom. The third kappa shape index (κ3) is 1.20. The predicted molar refractivity (Wildman–Crippen MR) is 32.9 cm³/mol. The molecule has 0 saturated carbocycles. The van der Waals surface area contributed by atoms with E-state index in [0.29, 0.717) is 6.42 Å². The number of rotatable bonds is 1. The molecule has 0 unspecified atom stereocenters. The second-order valence-corrected chi connectivity index (χ2v) is 2.50. The predicted octanol–water partition coefficient (Wildman–Crippen LogP) is 0.476. The second-order valence-electron chi connectivity index (χ2n) is 1.58. The smallest absolute Gasteiger partial charge is 0.156 e. The molecule has 1 aliphatic rings. The molecule has 0 fully saturated rings. The molecule has 1 atom stereocenters. The van der Waals surface area contributed by atoms with E-state index in [0.717, 1.165) is 4.62 Å². The maximum atomic E-state index is 8.46. The summed E-state index contributed by atoms with van der Waals surface area (Å²) in [6, 6.07) is 0. The molecule has 0 amide bonds. The molecule has 0 bridgehead atoms. The van der Waals surface area contributed by atoms with Gasteiger partial charge < -0.3 is 9.94 Å². The number of hydrogen-bond acceptors (Lipinski definition) is 3. The van der Waals surface area contributed by atoms with Gasteiger partial charge in [-0.2, -0.15) is 0 Å². The van der Waals surface area contributed by atoms with Gasteiger partial charge in [-0.25, -0.2) is 0 Å². The Morgan fingerprint density at radius 2 is 2.75 bits per heavy atom. The number of nitrogens with zero attached hydrogens (tertiary/aromatic N) is 1. The standard InChI is InChI=1S/C4H6BrNO2/c5-4-1-3(2-7)8-6-4/h3,7H,1-2H2/t3-/m0/s1. The van der Waals surface area contributed by atoms with Gasteiger partial charge in [-0.3, -0.25) is 0 Å². The zero-order chi connectivity index (χ0) is 5.98. The van der Waals surface area contributed by atoms with Crippen molar-refractivity contribution in [1.82, 2.24) is 0 Å². The first kappa shape index (κ1) is 6.04. The second kappa shape index (κ2) is 2.46. The first-order valence-corrected chi connectivity index (χ1v) is 3.11. The fourth-order valence-electron chi connectivity index (χ4n) is 0.492. The Labute approximate surface area is 55.5 Å². The maximum absolute atomic E-state index is 8.46. The molecular formula is C4H6BrNO2. The Kier molecular flexibility index (Phi) is 1.85. The fourth-order valence-corrected chi connectivity index (χ4v) is 0.937. The van der Waals surface area contributed by atoms with Gasteiger partial charge in [0.05, 0.1) is 6.61 Å². The zero-order valence-electron chi connectivity index (χ0n) is 4.17. The SMILES string of the molecule is OC[C@@H]1CC(Br)=NO1. The highest BCUT2D eigenvalue weighted by Crippen LogP contribution is 2.12. The van der Waals surface area contributed by atoms with Crippen LogP contribution in [0.5, 0.6) is 0 Å². The summed E-state index contributed by atoms with van der Waals surface area (Å²) in [5.41, 5.74) is 0. The first-order valence-electron chi connectivity index (χ1n) is 2.32. The van der Waals surface area contributed by atoms with Crippen molar-refractivity contribution in [3.8, 4) is 0 Å². The van der Waals surface area contributed by atoms with Crippen molar-refractivity contribution in [1.29, 1.82) is 0 Å². The Morgan fingerprint density at radius 3 is 3.00 bits per heavy atom. The first-order chi connectivity index (χ1) is 3.83. The lowest BCUT2D eigenvalue weighted by Crippen LogP contribution is -2.10. The van der Waals surface area contributed by atoms with E-state index >= 15 is 0 Å². The molecule has 4 heteroatoms. The summed E-state index contributed by atoms with van der Waals surface area (Å²) >= 11 is 3.13. The van der Waals surface area contributed by atoms with Gasteiger partial charge in [0.1, 0.15) is 4.62 Å². The molecule has 0 aromatic heterocycles. The third-order valence-electron chi connectivity index (χ3n) is 0.901. The molecule has 0 saturated heterocycles. The molecule has 0 aromatic carbocycles. The average molecular weight is 180 g/mol. The van der Waals surface area contributed by atoms with Gasteiger partial charge in [0.25, 0.3) is 0 Å². The Hall–Kier alpha value is -0.0900. The third-order valence-corrected chi connectivity index (χ3v) is 1.37. The van der Waals surface area contributed by atoms with E-state index in [2.05, 4.69) is 21.1 Å². The zero-order valence-corrected chi connectivity index (χ0v) is 5.76. The molecule has 3 nitrogen and oxygen atoms in total. The number of oxime groups is 1. The molecule has 1 N–H and O–H groups in total. The van der Waals surface area contributed by atoms with Crippen molar-refractivity contribution in [3.05, 3.63) is 0 Å². The summed E-state index contributed by atoms with van der Waals surface area (Å²) in [5, 5.41) is 12.0. The summed E-state index contributed by atoms with van der Waals surface area (Å²) < 4.78 is 0.775. The molecule has 0 aliphatic carbocycles. The monoisotopic (exact) mass is 179 g/mol. The van der Waals surface area contributed by atoms with E-state index in [4.69, 9.17) is 9.94 Å². The van der Waals surface area contributed by atoms with Crippen molar-refractivity contribution >= 4 is 20.6 Å². The van der Waals surface area contributed by atoms with Gasteiger partial charge in [-0.15, -0.1) is 0 Å². The van der Waals surface area contributed by atoms with Crippen LogP contribution in [0.3, 0.4) is 0 Å². The highest BCUT2D eigenvalue weighted by Gasteiger charge is 2.16. The van der Waals surface area contributed by atoms with E-state index in [9.17, 15) is 0 Å². The Balaban J connectivity index is 2.32. The number of aliphatic hydroxyl groups is 1. The van der Waals surface area contributed by atoms with Crippen LogP contribution in [0.25, 0.3) is 0 Å². The van der Waals surface area contributed by atoms with Crippen LogP contribution in [0.1, 0.15) is 6.42 Å². The Bertz CT molecular complexity index is 115. The van der Waals surface area contributed by atoms with Crippen LogP contribution < -0.4 is 0 Å². The summed E-state index contributed by atoms with van der Waals surface area (Å²) in [4.78, 5) is 4.71. The molecule has 0 spiro atoms. The summed E-state index contributed by atoms with van der Waals surface area (Å²) in [6.07, 6.45) is 0.570. The number of halogens is 1. The summed E-state index contributed by atoms with van der Waals surface area (Å²) in [6.45, 7) is 0.0403. The molecule has 1 rings (SSSR count). The number of aliphatic hydroxyl groups excluding tert-OH is 1. The lowest BCUT2D eigenvalue weighted by molar-refractivity contribution is 0.0390. The van der Waals surface area contributed by atoms with Crippen molar-refractivity contribution in [2.45, 2.75) is 12.5 Å². The van der Waals surface area contributed by atoms with E-state index < -0.39 is 0 Å². The van der Waals surface area contributed by atoms with Gasteiger partial charge in [0.15, 0.2) is 6.10 Å². The van der Waals surface area contributed by atoms with E-state index in [1.165, 1.54) is 0 Å². The van der Waals surface area contributed by atoms with Crippen LogP contribution in [0, 0.1) is 0 Å². The fraction of sp³-hybridized carbons (Fsp3) is 0.750. The molecule has 0 aromatic rings. The van der Waals surface area contributed by atoms with Crippen LogP contribution >= 0.6 is 15.9 Å². The van der Waals surface area contributed by atoms with Crippen molar-refractivity contribution < 1.29 is 9.94 Å². The highest BCUT2D eigenvalue weighted by atomic mass is 79.9. The quantitative estimate of drug-likeness (QED) is 0.637. The molecule has 1 aliphatic heterocycles. The van der Waals surface area contributed by atoms with Crippen LogP contribution in [0.4, 0.5) is 0 Å². The van der Waals surface area contributed by atoms with Gasteiger partial charge in [0, 0.05) is 6.42 Å². The van der Waals surface area contributed by atoms with E-state index in [-0.39, 0.29) is 12.7 Å². The lowest BCUT2D eigenvalue weighted by atomic mass is 10.3. The molecule has 1 heterocycles. The van der Waals surface area contributed by atoms with Crippen LogP contribution in [0.15, 0.2) is 5.16 Å². The molecule has 46 valence electrons. The minimum Gasteiger partial charge on any atom is -0.392 e. The number of hydrogen-bond donors (Lipinski definition) is 1. The van der Waals surface area contributed by atoms with E-state index in [1.807, 2.05) is 0 Å². The van der Waals surface area contributed by atoms with Gasteiger partial charge in [-0.05, 0) is 15.9 Å². The molecule has 8 heavy (non-hydrogen) atoms. The summed E-state index contributed by atoms with van der Waals surface area (Å²) in [7, 11) is 0. The largest absolute Gasteiger partial charge is 0.392 e. The maximum Gasteiger partial charge on any atom is 0.156 e. The van der Waals surface area contributed by atoms with Crippen LogP contribution in [-0.4, -0.2) is 22.4 Å². The minimum absolute atomic E-state index is 0.0403. The normalized spacial score (nSPS) is 27.2. The topological polar surface area (TPSA) is 41.8 Å². The van der Waals surface area contributed by atoms with Gasteiger partial charge in [0.2, 0.25) is 0 Å². The van der Waals surface area contributed by atoms with Crippen LogP contribution in [-0.2, 0) is 4.84 Å². The molecular weight excluding hydrogens is 174 g/mol. The van der Waals surface area contributed by atoms with Gasteiger partial charge in [-0.1, -0.05) is 5.16 Å². The van der Waals surface area contributed by atoms with Gasteiger partial charge >= 0.3 is 0 Å². The lowest BCUT2D eigenvalue weighted by Gasteiger charge is -1.99. The van der Waals surface area contributed by atoms with Crippen molar-refractivity contribution in [2.24, 2.45) is 5.16 Å². The summed E-state index contributed by atoms with van der Waals surface area (Å²) in [5.74, 6) is 0. The average Bonchev–Trinajstić information content (AvgIpc) is 2.14. The van der Waals surface area contributed by atoms with E-state index in [1.54, 1.807) is 0 Å². The van der Waals surface area contributed by atoms with Crippen LogP contribution in [0.2, 0.25) is 0 Å². The molecule has 0 radical (unpaired) electrons. The van der Waals surface area contributed by atoms with Crippen molar-refractivity contribution in [2.75, 3.05) is 6.61 Å². The minimum atomic E-state index is -0.121. The van der Waals surface area contributed by atoms with Crippen molar-refractivity contribution in [3.63, 3.8) is 0 Å².